The lowest BCUT2D eigenvalue weighted by molar-refractivity contribution is -0.129. The molecular weight excluding hydrogens is 422 g/mol. The zero-order valence-corrected chi connectivity index (χ0v) is 17.4. The number of amides is 1. The van der Waals surface area contributed by atoms with E-state index in [-0.39, 0.29) is 10.1 Å². The third kappa shape index (κ3) is 4.55. The Morgan fingerprint density at radius 3 is 2.60 bits per heavy atom. The largest absolute Gasteiger partial charge is 0.339 e. The molecule has 0 aliphatic carbocycles. The van der Waals surface area contributed by atoms with Crippen molar-refractivity contribution in [3.63, 3.8) is 0 Å². The van der Waals surface area contributed by atoms with Crippen molar-refractivity contribution in [3.8, 4) is 0 Å². The molecule has 136 valence electrons. The fourth-order valence-electron chi connectivity index (χ4n) is 2.35. The minimum Gasteiger partial charge on any atom is -0.339 e. The van der Waals surface area contributed by atoms with Gasteiger partial charge in [0.1, 0.15) is 4.21 Å². The third-order valence-corrected chi connectivity index (χ3v) is 9.37. The number of thioether (sulfide) groups is 1. The van der Waals surface area contributed by atoms with Gasteiger partial charge in [-0.25, -0.2) is 13.4 Å². The number of aromatic nitrogens is 1. The summed E-state index contributed by atoms with van der Waals surface area (Å²) in [5, 5.41) is 1.95. The van der Waals surface area contributed by atoms with Gasteiger partial charge in [0, 0.05) is 37.3 Å². The Morgan fingerprint density at radius 1 is 1.32 bits per heavy atom. The van der Waals surface area contributed by atoms with Crippen molar-refractivity contribution in [3.05, 3.63) is 27.5 Å². The number of sulfonamides is 1. The lowest BCUT2D eigenvalue weighted by Gasteiger charge is -2.33. The molecule has 11 heteroatoms. The Labute approximate surface area is 163 Å². The molecule has 25 heavy (non-hydrogen) atoms. The molecule has 0 bridgehead atoms. The van der Waals surface area contributed by atoms with E-state index in [9.17, 15) is 13.2 Å². The molecule has 0 unspecified atom stereocenters. The van der Waals surface area contributed by atoms with E-state index < -0.39 is 10.0 Å². The maximum atomic E-state index is 12.6. The van der Waals surface area contributed by atoms with Gasteiger partial charge in [-0.3, -0.25) is 4.79 Å². The fraction of sp³-hybridized carbons (Fsp3) is 0.429. The Kier molecular flexibility index (Phi) is 6.07. The lowest BCUT2D eigenvalue weighted by atomic mass is 10.3. The quantitative estimate of drug-likeness (QED) is 0.672. The summed E-state index contributed by atoms with van der Waals surface area (Å²) in [5.41, 5.74) is 0.951. The predicted octanol–water partition coefficient (Wildman–Crippen LogP) is 2.79. The molecule has 0 radical (unpaired) electrons. The van der Waals surface area contributed by atoms with Crippen molar-refractivity contribution in [2.75, 3.05) is 31.9 Å². The van der Waals surface area contributed by atoms with Crippen LogP contribution in [-0.4, -0.2) is 60.4 Å². The van der Waals surface area contributed by atoms with Crippen LogP contribution in [0.25, 0.3) is 0 Å². The van der Waals surface area contributed by atoms with Gasteiger partial charge in [-0.15, -0.1) is 22.7 Å². The number of hydrogen-bond acceptors (Lipinski definition) is 7. The highest BCUT2D eigenvalue weighted by Gasteiger charge is 2.31. The van der Waals surface area contributed by atoms with Crippen LogP contribution in [0.5, 0.6) is 0 Å². The number of carbonyl (C=O) groups excluding carboxylic acids is 1. The normalized spacial score (nSPS) is 16.3. The maximum absolute atomic E-state index is 12.6. The number of halogens is 1. The molecule has 0 N–H and O–H groups in total. The highest BCUT2D eigenvalue weighted by Crippen LogP contribution is 2.29. The first-order valence-corrected chi connectivity index (χ1v) is 11.9. The first kappa shape index (κ1) is 19.1. The minimum absolute atomic E-state index is 0.00840. The Morgan fingerprint density at radius 2 is 2.04 bits per heavy atom. The molecule has 1 fully saturated rings. The van der Waals surface area contributed by atoms with Crippen LogP contribution >= 0.6 is 46.0 Å². The van der Waals surface area contributed by atoms with Crippen molar-refractivity contribution in [1.82, 2.24) is 14.2 Å². The molecule has 2 aromatic rings. The van der Waals surface area contributed by atoms with E-state index >= 15 is 0 Å². The standard InChI is InChI=1S/C14H16ClN3O3S4/c1-10-8-22-14(16-10)23-9-12(19)17-4-6-18(7-5-17)25(20,21)13-3-2-11(15)24-13/h2-3,8H,4-7,9H2,1H3. The van der Waals surface area contributed by atoms with Crippen molar-refractivity contribution in [2.24, 2.45) is 0 Å². The number of thiazole rings is 1. The number of rotatable bonds is 5. The SMILES string of the molecule is Cc1csc(SCC(=O)N2CCN(S(=O)(=O)c3ccc(Cl)s3)CC2)n1. The summed E-state index contributed by atoms with van der Waals surface area (Å²) in [5.74, 6) is 0.328. The molecule has 3 rings (SSSR count). The average molecular weight is 438 g/mol. The number of thiophene rings is 1. The van der Waals surface area contributed by atoms with Crippen LogP contribution in [0.2, 0.25) is 4.34 Å². The summed E-state index contributed by atoms with van der Waals surface area (Å²) in [6.45, 7) is 3.31. The molecule has 6 nitrogen and oxygen atoms in total. The average Bonchev–Trinajstić information content (AvgIpc) is 3.21. The molecule has 1 aliphatic rings. The second-order valence-corrected chi connectivity index (χ2v) is 11.3. The van der Waals surface area contributed by atoms with E-state index in [1.165, 1.54) is 33.5 Å². The number of carbonyl (C=O) groups is 1. The molecule has 3 heterocycles. The van der Waals surface area contributed by atoms with Crippen LogP contribution in [-0.2, 0) is 14.8 Å². The van der Waals surface area contributed by atoms with Crippen LogP contribution in [0.1, 0.15) is 5.69 Å². The molecule has 0 aromatic carbocycles. The van der Waals surface area contributed by atoms with Gasteiger partial charge in [0.25, 0.3) is 10.0 Å². The van der Waals surface area contributed by atoms with Gasteiger partial charge in [-0.05, 0) is 19.1 Å². The van der Waals surface area contributed by atoms with E-state index in [1.54, 1.807) is 11.0 Å². The van der Waals surface area contributed by atoms with Crippen LogP contribution in [0.15, 0.2) is 26.1 Å². The van der Waals surface area contributed by atoms with Crippen LogP contribution < -0.4 is 0 Å². The Bertz CT molecular complexity index is 856. The zero-order valence-electron chi connectivity index (χ0n) is 13.3. The molecular formula is C14H16ClN3O3S4. The van der Waals surface area contributed by atoms with Gasteiger partial charge in [0.2, 0.25) is 5.91 Å². The van der Waals surface area contributed by atoms with Crippen molar-refractivity contribution in [2.45, 2.75) is 15.5 Å². The maximum Gasteiger partial charge on any atom is 0.252 e. The topological polar surface area (TPSA) is 70.6 Å². The number of nitrogens with zero attached hydrogens (tertiary/aromatic N) is 3. The van der Waals surface area contributed by atoms with Gasteiger partial charge in [0.15, 0.2) is 4.34 Å². The summed E-state index contributed by atoms with van der Waals surface area (Å²) in [6, 6.07) is 3.10. The number of piperazine rings is 1. The Hall–Kier alpha value is -0.650. The highest BCUT2D eigenvalue weighted by atomic mass is 35.5. The fourth-order valence-corrected chi connectivity index (χ4v) is 7.17. The van der Waals surface area contributed by atoms with E-state index in [2.05, 4.69) is 4.98 Å². The van der Waals surface area contributed by atoms with Crippen LogP contribution in [0.3, 0.4) is 0 Å². The van der Waals surface area contributed by atoms with E-state index in [0.717, 1.165) is 21.4 Å². The van der Waals surface area contributed by atoms with Gasteiger partial charge in [-0.1, -0.05) is 23.4 Å². The second-order valence-electron chi connectivity index (χ2n) is 5.39. The van der Waals surface area contributed by atoms with Gasteiger partial charge < -0.3 is 4.90 Å². The smallest absolute Gasteiger partial charge is 0.252 e. The first-order valence-electron chi connectivity index (χ1n) is 7.44. The van der Waals surface area contributed by atoms with Crippen LogP contribution in [0, 0.1) is 6.92 Å². The van der Waals surface area contributed by atoms with E-state index in [4.69, 9.17) is 11.6 Å². The zero-order chi connectivity index (χ0) is 18.0. The Balaban J connectivity index is 1.53. The highest BCUT2D eigenvalue weighted by molar-refractivity contribution is 8.01. The van der Waals surface area contributed by atoms with Crippen molar-refractivity contribution >= 4 is 62.0 Å². The molecule has 0 saturated carbocycles. The summed E-state index contributed by atoms with van der Waals surface area (Å²) in [6.07, 6.45) is 0. The predicted molar refractivity (Wildman–Crippen MR) is 102 cm³/mol. The third-order valence-electron chi connectivity index (χ3n) is 3.65. The molecule has 1 amide bonds. The molecule has 0 spiro atoms. The monoisotopic (exact) mass is 437 g/mol. The van der Waals surface area contributed by atoms with Gasteiger partial charge in [-0.2, -0.15) is 4.31 Å². The van der Waals surface area contributed by atoms with Gasteiger partial charge in [0.05, 0.1) is 10.1 Å². The number of hydrogen-bond donors (Lipinski definition) is 0. The molecule has 0 atom stereocenters. The molecule has 1 saturated heterocycles. The van der Waals surface area contributed by atoms with Gasteiger partial charge >= 0.3 is 0 Å². The molecule has 2 aromatic heterocycles. The lowest BCUT2D eigenvalue weighted by Crippen LogP contribution is -2.50. The van der Waals surface area contributed by atoms with Crippen molar-refractivity contribution < 1.29 is 13.2 Å². The second kappa shape index (κ2) is 7.93. The summed E-state index contributed by atoms with van der Waals surface area (Å²) in [4.78, 5) is 18.3. The van der Waals surface area contributed by atoms with Crippen LogP contribution in [0.4, 0.5) is 0 Å². The number of aryl methyl sites for hydroxylation is 1. The summed E-state index contributed by atoms with van der Waals surface area (Å²) < 4.78 is 28.1. The summed E-state index contributed by atoms with van der Waals surface area (Å²) in [7, 11) is -3.53. The summed E-state index contributed by atoms with van der Waals surface area (Å²) >= 11 is 9.83. The van der Waals surface area contributed by atoms with E-state index in [1.807, 2.05) is 12.3 Å². The molecule has 1 aliphatic heterocycles. The first-order chi connectivity index (χ1) is 11.9. The van der Waals surface area contributed by atoms with E-state index in [0.29, 0.717) is 36.3 Å². The minimum atomic E-state index is -3.53. The van der Waals surface area contributed by atoms with Crippen molar-refractivity contribution in [1.29, 1.82) is 0 Å².